The molecule has 0 spiro atoms. The van der Waals surface area contributed by atoms with Crippen LogP contribution in [-0.4, -0.2) is 35.7 Å². The van der Waals surface area contributed by atoms with Gasteiger partial charge in [-0.05, 0) is 32.1 Å². The lowest BCUT2D eigenvalue weighted by Crippen LogP contribution is -2.50. The Kier molecular flexibility index (Phi) is 3.69. The van der Waals surface area contributed by atoms with Gasteiger partial charge in [-0.1, -0.05) is 13.3 Å². The van der Waals surface area contributed by atoms with Crippen LogP contribution in [0.4, 0.5) is 4.79 Å². The summed E-state index contributed by atoms with van der Waals surface area (Å²) in [7, 11) is 0. The van der Waals surface area contributed by atoms with Crippen LogP contribution in [-0.2, 0) is 4.74 Å². The van der Waals surface area contributed by atoms with Crippen LogP contribution in [0.15, 0.2) is 0 Å². The summed E-state index contributed by atoms with van der Waals surface area (Å²) >= 11 is 0. The second kappa shape index (κ2) is 5.04. The Morgan fingerprint density at radius 2 is 2.00 bits per heavy atom. The lowest BCUT2D eigenvalue weighted by atomic mass is 9.99. The van der Waals surface area contributed by atoms with E-state index >= 15 is 0 Å². The van der Waals surface area contributed by atoms with E-state index in [1.807, 2.05) is 4.90 Å². The molecule has 0 aromatic heterocycles. The van der Waals surface area contributed by atoms with Gasteiger partial charge >= 0.3 is 6.09 Å². The van der Waals surface area contributed by atoms with Crippen molar-refractivity contribution in [1.82, 2.24) is 4.90 Å². The highest BCUT2D eigenvalue weighted by molar-refractivity contribution is 5.69. The molecular formula is C12H22N2O2. The third kappa shape index (κ3) is 2.32. The summed E-state index contributed by atoms with van der Waals surface area (Å²) in [5, 5.41) is 0. The quantitative estimate of drug-likeness (QED) is 0.747. The van der Waals surface area contributed by atoms with Crippen molar-refractivity contribution in [3.05, 3.63) is 0 Å². The maximum Gasteiger partial charge on any atom is 0.410 e. The molecule has 4 heteroatoms. The van der Waals surface area contributed by atoms with Gasteiger partial charge < -0.3 is 15.4 Å². The zero-order chi connectivity index (χ0) is 11.5. The maximum atomic E-state index is 11.9. The van der Waals surface area contributed by atoms with Crippen molar-refractivity contribution in [1.29, 1.82) is 0 Å². The SMILES string of the molecule is CCCCOC(=O)N1[C@@H]2CC[C@H]1CC(N)C2. The first-order valence-corrected chi connectivity index (χ1v) is 6.43. The monoisotopic (exact) mass is 226 g/mol. The van der Waals surface area contributed by atoms with E-state index < -0.39 is 0 Å². The van der Waals surface area contributed by atoms with Crippen LogP contribution in [0.25, 0.3) is 0 Å². The molecule has 0 radical (unpaired) electrons. The minimum Gasteiger partial charge on any atom is -0.449 e. The van der Waals surface area contributed by atoms with E-state index in [-0.39, 0.29) is 12.1 Å². The Balaban J connectivity index is 1.87. The van der Waals surface area contributed by atoms with Crippen LogP contribution in [0.5, 0.6) is 0 Å². The molecule has 2 heterocycles. The topological polar surface area (TPSA) is 55.6 Å². The lowest BCUT2D eigenvalue weighted by molar-refractivity contribution is 0.0654. The molecule has 2 N–H and O–H groups in total. The van der Waals surface area contributed by atoms with Gasteiger partial charge in [-0.15, -0.1) is 0 Å². The van der Waals surface area contributed by atoms with E-state index in [0.717, 1.165) is 38.5 Å². The second-order valence-electron chi connectivity index (χ2n) is 4.99. The molecule has 4 nitrogen and oxygen atoms in total. The molecule has 2 fully saturated rings. The first kappa shape index (κ1) is 11.7. The van der Waals surface area contributed by atoms with Gasteiger partial charge in [0.2, 0.25) is 0 Å². The largest absolute Gasteiger partial charge is 0.449 e. The van der Waals surface area contributed by atoms with Crippen LogP contribution in [0.1, 0.15) is 45.4 Å². The zero-order valence-electron chi connectivity index (χ0n) is 10.0. The third-order valence-corrected chi connectivity index (χ3v) is 3.70. The van der Waals surface area contributed by atoms with Gasteiger partial charge in [-0.3, -0.25) is 0 Å². The predicted molar refractivity (Wildman–Crippen MR) is 62.1 cm³/mol. The Hall–Kier alpha value is -0.770. The molecule has 92 valence electrons. The van der Waals surface area contributed by atoms with Crippen LogP contribution in [0.2, 0.25) is 0 Å². The fraction of sp³-hybridized carbons (Fsp3) is 0.917. The van der Waals surface area contributed by atoms with E-state index in [2.05, 4.69) is 6.92 Å². The van der Waals surface area contributed by atoms with Gasteiger partial charge in [-0.2, -0.15) is 0 Å². The molecule has 16 heavy (non-hydrogen) atoms. The summed E-state index contributed by atoms with van der Waals surface area (Å²) in [5.41, 5.74) is 5.96. The summed E-state index contributed by atoms with van der Waals surface area (Å²) in [5.74, 6) is 0. The van der Waals surface area contributed by atoms with E-state index in [0.29, 0.717) is 18.7 Å². The number of carbonyl (C=O) groups is 1. The summed E-state index contributed by atoms with van der Waals surface area (Å²) in [6.07, 6.45) is 5.98. The van der Waals surface area contributed by atoms with Gasteiger partial charge in [-0.25, -0.2) is 4.79 Å². The molecule has 2 aliphatic rings. The number of carbonyl (C=O) groups excluding carboxylic acids is 1. The molecule has 1 amide bonds. The molecule has 1 unspecified atom stereocenters. The minimum absolute atomic E-state index is 0.118. The van der Waals surface area contributed by atoms with Crippen LogP contribution < -0.4 is 5.73 Å². The molecule has 0 aliphatic carbocycles. The van der Waals surface area contributed by atoms with Crippen molar-refractivity contribution >= 4 is 6.09 Å². The summed E-state index contributed by atoms with van der Waals surface area (Å²) < 4.78 is 5.28. The van der Waals surface area contributed by atoms with Crippen molar-refractivity contribution in [2.45, 2.75) is 63.6 Å². The average molecular weight is 226 g/mol. The first-order chi connectivity index (χ1) is 7.72. The fourth-order valence-corrected chi connectivity index (χ4v) is 2.90. The highest BCUT2D eigenvalue weighted by Crippen LogP contribution is 2.35. The van der Waals surface area contributed by atoms with E-state index in [1.54, 1.807) is 0 Å². The molecule has 0 aromatic rings. The second-order valence-corrected chi connectivity index (χ2v) is 4.99. The third-order valence-electron chi connectivity index (χ3n) is 3.70. The summed E-state index contributed by atoms with van der Waals surface area (Å²) in [6.45, 7) is 2.65. The fourth-order valence-electron chi connectivity index (χ4n) is 2.90. The maximum absolute atomic E-state index is 11.9. The molecule has 2 aliphatic heterocycles. The van der Waals surface area contributed by atoms with Crippen LogP contribution in [0.3, 0.4) is 0 Å². The van der Waals surface area contributed by atoms with Gasteiger partial charge in [0, 0.05) is 18.1 Å². The van der Waals surface area contributed by atoms with Crippen LogP contribution >= 0.6 is 0 Å². The molecule has 2 bridgehead atoms. The number of hydrogen-bond acceptors (Lipinski definition) is 3. The number of amides is 1. The van der Waals surface area contributed by atoms with Crippen LogP contribution in [0, 0.1) is 0 Å². The summed E-state index contributed by atoms with van der Waals surface area (Å²) in [4.78, 5) is 13.8. The van der Waals surface area contributed by atoms with E-state index in [1.165, 1.54) is 0 Å². The number of hydrogen-bond donors (Lipinski definition) is 1. The van der Waals surface area contributed by atoms with E-state index in [9.17, 15) is 4.79 Å². The Bertz CT molecular complexity index is 243. The number of fused-ring (bicyclic) bond motifs is 2. The number of unbranched alkanes of at least 4 members (excludes halogenated alkanes) is 1. The molecule has 0 saturated carbocycles. The minimum atomic E-state index is -0.118. The van der Waals surface area contributed by atoms with Crippen molar-refractivity contribution in [2.24, 2.45) is 5.73 Å². The summed E-state index contributed by atoms with van der Waals surface area (Å²) in [6, 6.07) is 0.947. The Labute approximate surface area is 97.1 Å². The number of piperidine rings is 1. The smallest absolute Gasteiger partial charge is 0.410 e. The molecular weight excluding hydrogens is 204 g/mol. The van der Waals surface area contributed by atoms with Gasteiger partial charge in [0.05, 0.1) is 6.61 Å². The number of rotatable bonds is 3. The lowest BCUT2D eigenvalue weighted by Gasteiger charge is -2.36. The predicted octanol–water partition coefficient (Wildman–Crippen LogP) is 1.88. The standard InChI is InChI=1S/C12H22N2O2/c1-2-3-6-16-12(15)14-10-4-5-11(14)8-9(13)7-10/h9-11H,2-8,13H2,1H3/t9?,10-,11+. The molecule has 2 saturated heterocycles. The average Bonchev–Trinajstić information content (AvgIpc) is 2.52. The Morgan fingerprint density at radius 3 is 2.56 bits per heavy atom. The van der Waals surface area contributed by atoms with Crippen molar-refractivity contribution in [3.8, 4) is 0 Å². The number of ether oxygens (including phenoxy) is 1. The highest BCUT2D eigenvalue weighted by atomic mass is 16.6. The van der Waals surface area contributed by atoms with Crippen molar-refractivity contribution in [2.75, 3.05) is 6.61 Å². The normalized spacial score (nSPS) is 32.9. The van der Waals surface area contributed by atoms with Gasteiger partial charge in [0.15, 0.2) is 0 Å². The molecule has 3 atom stereocenters. The first-order valence-electron chi connectivity index (χ1n) is 6.43. The van der Waals surface area contributed by atoms with E-state index in [4.69, 9.17) is 10.5 Å². The van der Waals surface area contributed by atoms with Crippen molar-refractivity contribution < 1.29 is 9.53 Å². The number of nitrogens with zero attached hydrogens (tertiary/aromatic N) is 1. The van der Waals surface area contributed by atoms with Crippen molar-refractivity contribution in [3.63, 3.8) is 0 Å². The molecule has 2 rings (SSSR count). The van der Waals surface area contributed by atoms with Gasteiger partial charge in [0.1, 0.15) is 0 Å². The zero-order valence-corrected chi connectivity index (χ0v) is 10.0. The highest BCUT2D eigenvalue weighted by Gasteiger charge is 2.42. The number of nitrogens with two attached hydrogens (primary N) is 1. The van der Waals surface area contributed by atoms with Gasteiger partial charge in [0.25, 0.3) is 0 Å². The Morgan fingerprint density at radius 1 is 1.38 bits per heavy atom. The molecule has 0 aromatic carbocycles.